The van der Waals surface area contributed by atoms with Crippen molar-refractivity contribution in [3.63, 3.8) is 0 Å². The van der Waals surface area contributed by atoms with Crippen LogP contribution < -0.4 is 4.90 Å². The lowest BCUT2D eigenvalue weighted by Gasteiger charge is -2.26. The van der Waals surface area contributed by atoms with E-state index < -0.39 is 10.0 Å². The minimum atomic E-state index is -3.51. The second kappa shape index (κ2) is 6.87. The minimum absolute atomic E-state index is 0.239. The van der Waals surface area contributed by atoms with E-state index in [-0.39, 0.29) is 4.90 Å². The fourth-order valence-corrected chi connectivity index (χ4v) is 4.74. The van der Waals surface area contributed by atoms with Crippen molar-refractivity contribution < 1.29 is 17.7 Å². The van der Waals surface area contributed by atoms with Gasteiger partial charge in [0.25, 0.3) is 4.84 Å². The molecule has 2 aromatic carbocycles. The molecule has 1 unspecified atom stereocenters. The Morgan fingerprint density at radius 3 is 2.67 bits per heavy atom. The number of hydrogen-bond acceptors (Lipinski definition) is 4. The highest BCUT2D eigenvalue weighted by Crippen LogP contribution is 2.23. The fraction of sp³-hybridized carbons (Fsp3) is 0.316. The molecule has 0 amide bonds. The van der Waals surface area contributed by atoms with Crippen LogP contribution in [-0.4, -0.2) is 37.9 Å². The zero-order valence-electron chi connectivity index (χ0n) is 15.3. The highest BCUT2D eigenvalue weighted by Gasteiger charge is 2.23. The number of quaternary nitrogens is 1. The second-order valence-corrected chi connectivity index (χ2v) is 9.57. The number of aromatic nitrogens is 1. The van der Waals surface area contributed by atoms with Crippen LogP contribution in [0, 0.1) is 4.84 Å². The molecule has 1 N–H and O–H groups in total. The first kappa shape index (κ1) is 18.4. The molecular weight excluding hydrogens is 382 g/mol. The highest BCUT2D eigenvalue weighted by molar-refractivity contribution is 7.89. The van der Waals surface area contributed by atoms with Crippen molar-refractivity contribution in [1.29, 1.82) is 0 Å². The largest absolute Gasteiger partial charge is 0.429 e. The molecule has 0 aliphatic carbocycles. The van der Waals surface area contributed by atoms with Crippen LogP contribution in [0.15, 0.2) is 51.8 Å². The Kier molecular flexibility index (Phi) is 4.67. The third kappa shape index (κ3) is 3.34. The molecule has 0 bridgehead atoms. The van der Waals surface area contributed by atoms with Crippen LogP contribution in [0.5, 0.6) is 0 Å². The number of benzene rings is 2. The molecule has 0 fully saturated rings. The van der Waals surface area contributed by atoms with Crippen molar-refractivity contribution in [2.75, 3.05) is 20.6 Å². The van der Waals surface area contributed by atoms with Crippen molar-refractivity contribution in [1.82, 2.24) is 8.87 Å². The zero-order chi connectivity index (χ0) is 19.2. The van der Waals surface area contributed by atoms with Crippen molar-refractivity contribution in [3.8, 4) is 0 Å². The number of rotatable bonds is 4. The number of nitrogens with zero attached hydrogens (tertiary/aromatic N) is 2. The average molecular weight is 405 g/mol. The molecule has 4 rings (SSSR count). The van der Waals surface area contributed by atoms with E-state index in [1.807, 2.05) is 4.57 Å². The van der Waals surface area contributed by atoms with Crippen LogP contribution >= 0.6 is 12.2 Å². The van der Waals surface area contributed by atoms with Crippen LogP contribution in [0.2, 0.25) is 0 Å². The number of nitrogens with one attached hydrogen (secondary N) is 1. The minimum Gasteiger partial charge on any atom is -0.429 e. The predicted octanol–water partition coefficient (Wildman–Crippen LogP) is 1.81. The van der Waals surface area contributed by atoms with Gasteiger partial charge in [-0.15, -0.1) is 0 Å². The van der Waals surface area contributed by atoms with Gasteiger partial charge in [-0.3, -0.25) is 4.57 Å². The number of fused-ring (bicyclic) bond motifs is 2. The number of hydrogen-bond donors (Lipinski definition) is 1. The summed E-state index contributed by atoms with van der Waals surface area (Å²) in [5.41, 5.74) is 4.08. The predicted molar refractivity (Wildman–Crippen MR) is 106 cm³/mol. The van der Waals surface area contributed by atoms with E-state index in [1.165, 1.54) is 34.4 Å². The van der Waals surface area contributed by atoms with Crippen LogP contribution in [0.25, 0.3) is 11.1 Å². The van der Waals surface area contributed by atoms with Gasteiger partial charge in [0.1, 0.15) is 6.54 Å². The molecule has 0 radical (unpaired) electrons. The van der Waals surface area contributed by atoms with Gasteiger partial charge in [0.2, 0.25) is 10.0 Å². The van der Waals surface area contributed by atoms with Crippen molar-refractivity contribution in [2.24, 2.45) is 0 Å². The Morgan fingerprint density at radius 1 is 1.19 bits per heavy atom. The van der Waals surface area contributed by atoms with Gasteiger partial charge < -0.3 is 9.32 Å². The summed E-state index contributed by atoms with van der Waals surface area (Å²) in [6.07, 6.45) is 1.02. The van der Waals surface area contributed by atoms with E-state index in [1.54, 1.807) is 18.2 Å². The Bertz CT molecular complexity index is 1160. The van der Waals surface area contributed by atoms with E-state index >= 15 is 0 Å². The van der Waals surface area contributed by atoms with Gasteiger partial charge in [-0.05, 0) is 36.0 Å². The van der Waals surface area contributed by atoms with E-state index in [0.29, 0.717) is 22.6 Å². The molecule has 8 heteroatoms. The number of oxazole rings is 1. The third-order valence-electron chi connectivity index (χ3n) is 5.11. The average Bonchev–Trinajstić information content (AvgIpc) is 2.96. The molecular formula is C19H22N3O3S2+. The van der Waals surface area contributed by atoms with E-state index in [9.17, 15) is 8.42 Å². The standard InChI is InChI=1S/C19H21N3O3S2/c1-20(2)27(23,24)16-7-8-18-17(11-16)22(19(26)25-18)13-21-10-9-14-5-3-4-6-15(14)12-21/h3-8,11H,9-10,12-13H2,1-2H3/p+1. The van der Waals surface area contributed by atoms with Crippen LogP contribution in [0.1, 0.15) is 11.1 Å². The first-order valence-electron chi connectivity index (χ1n) is 8.82. The fourth-order valence-electron chi connectivity index (χ4n) is 3.56. The van der Waals surface area contributed by atoms with Gasteiger partial charge >= 0.3 is 0 Å². The maximum atomic E-state index is 12.5. The summed E-state index contributed by atoms with van der Waals surface area (Å²) in [4.78, 5) is 1.98. The summed E-state index contributed by atoms with van der Waals surface area (Å²) < 4.78 is 33.8. The summed E-state index contributed by atoms with van der Waals surface area (Å²) >= 11 is 5.41. The SMILES string of the molecule is CN(C)S(=O)(=O)c1ccc2oc(=S)n(C[NH+]3CCc4ccccc4C3)c2c1. The summed E-state index contributed by atoms with van der Waals surface area (Å²) in [5, 5.41) is 0. The molecule has 3 aromatic rings. The van der Waals surface area contributed by atoms with Crippen LogP contribution in [0.3, 0.4) is 0 Å². The maximum absolute atomic E-state index is 12.5. The molecule has 27 heavy (non-hydrogen) atoms. The molecule has 0 spiro atoms. The van der Waals surface area contributed by atoms with Gasteiger partial charge in [0.15, 0.2) is 12.3 Å². The summed E-state index contributed by atoms with van der Waals surface area (Å²) in [6, 6.07) is 13.4. The Labute approximate surface area is 163 Å². The molecule has 0 saturated carbocycles. The zero-order valence-corrected chi connectivity index (χ0v) is 16.9. The van der Waals surface area contributed by atoms with Gasteiger partial charge in [-0.2, -0.15) is 0 Å². The molecule has 6 nitrogen and oxygen atoms in total. The molecule has 1 aliphatic heterocycles. The molecule has 1 aromatic heterocycles. The number of sulfonamides is 1. The van der Waals surface area contributed by atoms with Gasteiger partial charge in [-0.1, -0.05) is 24.3 Å². The van der Waals surface area contributed by atoms with Crippen molar-refractivity contribution >= 4 is 33.3 Å². The normalized spacial score (nSPS) is 17.4. The lowest BCUT2D eigenvalue weighted by atomic mass is 10.0. The summed E-state index contributed by atoms with van der Waals surface area (Å²) in [7, 11) is -0.462. The van der Waals surface area contributed by atoms with E-state index in [4.69, 9.17) is 16.6 Å². The van der Waals surface area contributed by atoms with Gasteiger partial charge in [0.05, 0.1) is 17.0 Å². The first-order chi connectivity index (χ1) is 12.9. The lowest BCUT2D eigenvalue weighted by Crippen LogP contribution is -3.11. The monoisotopic (exact) mass is 404 g/mol. The second-order valence-electron chi connectivity index (χ2n) is 7.07. The van der Waals surface area contributed by atoms with Crippen LogP contribution in [0.4, 0.5) is 0 Å². The van der Waals surface area contributed by atoms with E-state index in [2.05, 4.69) is 24.3 Å². The molecule has 1 aliphatic rings. The van der Waals surface area contributed by atoms with Crippen LogP contribution in [-0.2, 0) is 29.7 Å². The Hall–Kier alpha value is -2.00. The van der Waals surface area contributed by atoms with Gasteiger partial charge in [-0.25, -0.2) is 12.7 Å². The molecule has 142 valence electrons. The molecule has 1 atom stereocenters. The smallest absolute Gasteiger partial charge is 0.274 e. The molecule has 0 saturated heterocycles. The molecule has 2 heterocycles. The van der Waals surface area contributed by atoms with Crippen molar-refractivity contribution in [3.05, 3.63) is 58.4 Å². The van der Waals surface area contributed by atoms with Crippen molar-refractivity contribution in [2.45, 2.75) is 24.5 Å². The topological polar surface area (TPSA) is 59.9 Å². The maximum Gasteiger partial charge on any atom is 0.274 e. The Morgan fingerprint density at radius 2 is 1.93 bits per heavy atom. The summed E-state index contributed by atoms with van der Waals surface area (Å²) in [6.45, 7) is 2.56. The first-order valence-corrected chi connectivity index (χ1v) is 10.7. The third-order valence-corrected chi connectivity index (χ3v) is 7.22. The summed E-state index contributed by atoms with van der Waals surface area (Å²) in [5.74, 6) is 0. The quantitative estimate of drug-likeness (QED) is 0.674. The van der Waals surface area contributed by atoms with E-state index in [0.717, 1.165) is 19.5 Å². The Balaban J connectivity index is 1.70. The lowest BCUT2D eigenvalue weighted by molar-refractivity contribution is -0.938. The van der Waals surface area contributed by atoms with Gasteiger partial charge in [0, 0.05) is 26.1 Å². The highest BCUT2D eigenvalue weighted by atomic mass is 32.2.